The Balaban J connectivity index is 1.98. The maximum absolute atomic E-state index is 13.2. The van der Waals surface area contributed by atoms with E-state index in [1.165, 1.54) is 0 Å². The summed E-state index contributed by atoms with van der Waals surface area (Å²) in [6.45, 7) is 10.9. The topological polar surface area (TPSA) is 94.2 Å². The number of benzene rings is 1. The molecule has 34 heavy (non-hydrogen) atoms. The minimum absolute atomic E-state index is 0.0150. The van der Waals surface area contributed by atoms with Crippen molar-refractivity contribution in [2.75, 3.05) is 45.9 Å². The average Bonchev–Trinajstić information content (AvgIpc) is 2.79. The predicted molar refractivity (Wildman–Crippen MR) is 130 cm³/mol. The minimum Gasteiger partial charge on any atom is -0.463 e. The molecule has 1 aromatic rings. The highest BCUT2D eigenvalue weighted by Crippen LogP contribution is 2.35. The third-order valence-corrected chi connectivity index (χ3v) is 6.48. The molecule has 2 aliphatic heterocycles. The van der Waals surface area contributed by atoms with Crippen molar-refractivity contribution < 1.29 is 19.1 Å². The zero-order valence-corrected chi connectivity index (χ0v) is 21.0. The van der Waals surface area contributed by atoms with Crippen LogP contribution in [-0.2, 0) is 9.53 Å². The van der Waals surface area contributed by atoms with E-state index in [0.29, 0.717) is 61.1 Å². The first-order chi connectivity index (χ1) is 16.3. The average molecular weight is 492 g/mol. The molecule has 186 valence electrons. The van der Waals surface area contributed by atoms with E-state index in [2.05, 4.69) is 15.5 Å². The number of hydrogen-bond acceptors (Lipinski definition) is 5. The van der Waals surface area contributed by atoms with Gasteiger partial charge in [-0.2, -0.15) is 0 Å². The molecule has 0 aliphatic carbocycles. The van der Waals surface area contributed by atoms with Gasteiger partial charge < -0.3 is 20.3 Å². The Morgan fingerprint density at radius 3 is 2.56 bits per heavy atom. The van der Waals surface area contributed by atoms with E-state index < -0.39 is 12.0 Å². The van der Waals surface area contributed by atoms with Gasteiger partial charge >= 0.3 is 18.0 Å². The number of nitrogens with one attached hydrogen (secondary N) is 2. The first kappa shape index (κ1) is 25.8. The molecule has 2 heterocycles. The summed E-state index contributed by atoms with van der Waals surface area (Å²) in [6, 6.07) is 6.07. The molecule has 1 aromatic carbocycles. The number of hydrogen-bond donors (Lipinski definition) is 2. The Morgan fingerprint density at radius 1 is 1.21 bits per heavy atom. The fourth-order valence-corrected chi connectivity index (χ4v) is 4.79. The van der Waals surface area contributed by atoms with Crippen molar-refractivity contribution in [3.05, 3.63) is 46.1 Å². The van der Waals surface area contributed by atoms with Crippen LogP contribution in [0.4, 0.5) is 9.59 Å². The third-order valence-electron chi connectivity index (χ3n) is 6.14. The van der Waals surface area contributed by atoms with E-state index in [1.54, 1.807) is 30.0 Å². The molecule has 10 heteroatoms. The molecular formula is C24H34ClN5O4. The Morgan fingerprint density at radius 2 is 1.94 bits per heavy atom. The zero-order chi connectivity index (χ0) is 24.8. The van der Waals surface area contributed by atoms with Gasteiger partial charge in [0.05, 0.1) is 18.2 Å². The van der Waals surface area contributed by atoms with E-state index in [9.17, 15) is 14.4 Å². The van der Waals surface area contributed by atoms with Crippen molar-refractivity contribution in [1.29, 1.82) is 0 Å². The largest absolute Gasteiger partial charge is 0.463 e. The maximum Gasteiger partial charge on any atom is 0.338 e. The number of carbonyl (C=O) groups excluding carboxylic acids is 3. The first-order valence-electron chi connectivity index (χ1n) is 11.8. The number of piperazine rings is 1. The molecule has 0 spiro atoms. The molecule has 2 N–H and O–H groups in total. The summed E-state index contributed by atoms with van der Waals surface area (Å²) < 4.78 is 5.42. The molecule has 0 radical (unpaired) electrons. The number of esters is 1. The lowest BCUT2D eigenvalue weighted by Gasteiger charge is -2.42. The number of amides is 4. The lowest BCUT2D eigenvalue weighted by Crippen LogP contribution is -2.58. The summed E-state index contributed by atoms with van der Waals surface area (Å²) in [5, 5.41) is 6.25. The van der Waals surface area contributed by atoms with Crippen molar-refractivity contribution in [2.24, 2.45) is 0 Å². The highest BCUT2D eigenvalue weighted by Gasteiger charge is 2.39. The molecular weight excluding hydrogens is 458 g/mol. The van der Waals surface area contributed by atoms with Crippen molar-refractivity contribution >= 4 is 29.6 Å². The Labute approximate surface area is 206 Å². The summed E-state index contributed by atoms with van der Waals surface area (Å²) in [5.74, 6) is -0.477. The maximum atomic E-state index is 13.2. The smallest absolute Gasteiger partial charge is 0.338 e. The molecule has 0 saturated carbocycles. The molecule has 0 bridgehead atoms. The standard InChI is InChI=1S/C24H34ClN5O4/c1-5-26-23(32)30-13-12-28(14-16(30)4)15-19-20(22(31)34-7-3)21(27-24(33)29(19)6-2)17-10-8-9-11-18(17)25/h8-11,16,21H,5-7,12-15H2,1-4H3,(H,26,32)(H,27,33). The van der Waals surface area contributed by atoms with Gasteiger partial charge in [-0.3, -0.25) is 9.80 Å². The Kier molecular flexibility index (Phi) is 8.79. The van der Waals surface area contributed by atoms with E-state index in [1.807, 2.05) is 31.7 Å². The van der Waals surface area contributed by atoms with Crippen LogP contribution in [0.15, 0.2) is 35.5 Å². The number of likely N-dealkylation sites (N-methyl/N-ethyl adjacent to an activating group) is 1. The van der Waals surface area contributed by atoms with Crippen molar-refractivity contribution in [3.8, 4) is 0 Å². The molecule has 1 saturated heterocycles. The van der Waals surface area contributed by atoms with Gasteiger partial charge in [-0.1, -0.05) is 29.8 Å². The normalized spacial score (nSPS) is 21.4. The fraction of sp³-hybridized carbons (Fsp3) is 0.542. The Bertz CT molecular complexity index is 953. The van der Waals surface area contributed by atoms with Crippen LogP contribution in [-0.4, -0.2) is 84.6 Å². The van der Waals surface area contributed by atoms with E-state index in [0.717, 1.165) is 0 Å². The van der Waals surface area contributed by atoms with Crippen LogP contribution < -0.4 is 10.6 Å². The van der Waals surface area contributed by atoms with Gasteiger partial charge in [-0.15, -0.1) is 0 Å². The summed E-state index contributed by atoms with van der Waals surface area (Å²) in [6.07, 6.45) is 0. The second-order valence-electron chi connectivity index (χ2n) is 8.34. The van der Waals surface area contributed by atoms with E-state index in [-0.39, 0.29) is 24.7 Å². The molecule has 3 rings (SSSR count). The van der Waals surface area contributed by atoms with Gasteiger partial charge in [-0.05, 0) is 39.3 Å². The number of carbonyl (C=O) groups is 3. The van der Waals surface area contributed by atoms with E-state index in [4.69, 9.17) is 16.3 Å². The monoisotopic (exact) mass is 491 g/mol. The van der Waals surface area contributed by atoms with Crippen LogP contribution in [0.2, 0.25) is 5.02 Å². The third kappa shape index (κ3) is 5.47. The second-order valence-corrected chi connectivity index (χ2v) is 8.75. The molecule has 1 fully saturated rings. The molecule has 4 amide bonds. The van der Waals surface area contributed by atoms with Crippen LogP contribution >= 0.6 is 11.6 Å². The highest BCUT2D eigenvalue weighted by molar-refractivity contribution is 6.31. The van der Waals surface area contributed by atoms with Crippen molar-refractivity contribution in [2.45, 2.75) is 39.8 Å². The minimum atomic E-state index is -0.716. The van der Waals surface area contributed by atoms with Crippen LogP contribution in [0.5, 0.6) is 0 Å². The molecule has 0 aromatic heterocycles. The number of nitrogens with zero attached hydrogens (tertiary/aromatic N) is 3. The molecule has 9 nitrogen and oxygen atoms in total. The summed E-state index contributed by atoms with van der Waals surface area (Å²) in [5.41, 5.74) is 1.63. The number of rotatable bonds is 7. The fourth-order valence-electron chi connectivity index (χ4n) is 4.54. The van der Waals surface area contributed by atoms with Gasteiger partial charge in [0.15, 0.2) is 0 Å². The summed E-state index contributed by atoms with van der Waals surface area (Å²) in [7, 11) is 0. The van der Waals surface area contributed by atoms with Crippen molar-refractivity contribution in [3.63, 3.8) is 0 Å². The summed E-state index contributed by atoms with van der Waals surface area (Å²) in [4.78, 5) is 44.2. The van der Waals surface area contributed by atoms with Gasteiger partial charge in [0.1, 0.15) is 0 Å². The predicted octanol–water partition coefficient (Wildman–Crippen LogP) is 2.98. The van der Waals surface area contributed by atoms with Gasteiger partial charge in [0.25, 0.3) is 0 Å². The van der Waals surface area contributed by atoms with Gasteiger partial charge in [-0.25, -0.2) is 14.4 Å². The number of halogens is 1. The van der Waals surface area contributed by atoms with Crippen LogP contribution in [0.3, 0.4) is 0 Å². The van der Waals surface area contributed by atoms with Crippen molar-refractivity contribution in [1.82, 2.24) is 25.3 Å². The van der Waals surface area contributed by atoms with Crippen LogP contribution in [0.1, 0.15) is 39.3 Å². The van der Waals surface area contributed by atoms with Gasteiger partial charge in [0, 0.05) is 56.0 Å². The lowest BCUT2D eigenvalue weighted by atomic mass is 9.94. The zero-order valence-electron chi connectivity index (χ0n) is 20.3. The van der Waals surface area contributed by atoms with Gasteiger partial charge in [0.2, 0.25) is 0 Å². The van der Waals surface area contributed by atoms with E-state index >= 15 is 0 Å². The molecule has 2 atom stereocenters. The molecule has 2 unspecified atom stereocenters. The SMILES string of the molecule is CCNC(=O)N1CCN(CC2=C(C(=O)OCC)C(c3ccccc3Cl)NC(=O)N2CC)CC1C. The quantitative estimate of drug-likeness (QED) is 0.572. The van der Waals surface area contributed by atoms with Crippen LogP contribution in [0, 0.1) is 0 Å². The summed E-state index contributed by atoms with van der Waals surface area (Å²) >= 11 is 6.46. The van der Waals surface area contributed by atoms with Crippen LogP contribution in [0.25, 0.3) is 0 Å². The Hall–Kier alpha value is -2.78. The first-order valence-corrected chi connectivity index (χ1v) is 12.2. The second kappa shape index (κ2) is 11.6. The lowest BCUT2D eigenvalue weighted by molar-refractivity contribution is -0.139. The number of urea groups is 2. The highest BCUT2D eigenvalue weighted by atomic mass is 35.5. The number of ether oxygens (including phenoxy) is 1. The molecule has 2 aliphatic rings.